The maximum absolute atomic E-state index is 12.7. The van der Waals surface area contributed by atoms with Gasteiger partial charge in [0.1, 0.15) is 0 Å². The summed E-state index contributed by atoms with van der Waals surface area (Å²) in [7, 11) is 0. The number of carbonyl (C=O) groups is 1. The fraction of sp³-hybridized carbons (Fsp3) is 0.278. The number of nitrogen functional groups attached to an aromatic ring is 1. The number of nitrogens with zero attached hydrogens (tertiary/aromatic N) is 2. The van der Waals surface area contributed by atoms with Crippen LogP contribution in [0.4, 0.5) is 11.4 Å². The average molecular weight is 403 g/mol. The summed E-state index contributed by atoms with van der Waals surface area (Å²) < 4.78 is 0. The van der Waals surface area contributed by atoms with Crippen LogP contribution in [0, 0.1) is 6.92 Å². The van der Waals surface area contributed by atoms with Crippen molar-refractivity contribution < 1.29 is 4.79 Å². The second kappa shape index (κ2) is 9.18. The van der Waals surface area contributed by atoms with E-state index in [9.17, 15) is 4.79 Å². The number of hydrogen-bond acceptors (Lipinski definition) is 3. The molecule has 0 spiro atoms. The van der Waals surface area contributed by atoms with Gasteiger partial charge in [-0.3, -0.25) is 4.79 Å². The molecule has 1 aliphatic rings. The predicted octanol–water partition coefficient (Wildman–Crippen LogP) is 4.04. The minimum absolute atomic E-state index is 0. The molecule has 0 unspecified atom stereocenters. The highest BCUT2D eigenvalue weighted by Gasteiger charge is 2.24. The van der Waals surface area contributed by atoms with Gasteiger partial charge >= 0.3 is 0 Å². The molecule has 3 rings (SSSR count). The van der Waals surface area contributed by atoms with Gasteiger partial charge in [-0.05, 0) is 36.8 Å². The van der Waals surface area contributed by atoms with Crippen molar-refractivity contribution >= 4 is 53.7 Å². The largest absolute Gasteiger partial charge is 0.399 e. The molecule has 0 aromatic heterocycles. The summed E-state index contributed by atoms with van der Waals surface area (Å²) in [5, 5.41) is 0.749. The zero-order valence-electron chi connectivity index (χ0n) is 13.9. The molecule has 2 aromatic rings. The van der Waals surface area contributed by atoms with Crippen molar-refractivity contribution in [3.63, 3.8) is 0 Å². The average Bonchev–Trinajstić information content (AvgIpc) is 2.57. The minimum atomic E-state index is 0. The van der Waals surface area contributed by atoms with E-state index in [0.717, 1.165) is 29.4 Å². The SMILES string of the molecule is Cc1ccc(N)cc1C(=O)N1CCN(c2ccccc2Cl)CC1.Cl.Cl. The van der Waals surface area contributed by atoms with Gasteiger partial charge < -0.3 is 15.5 Å². The molecule has 1 heterocycles. The normalized spacial score (nSPS) is 13.7. The van der Waals surface area contributed by atoms with Crippen LogP contribution in [0.3, 0.4) is 0 Å². The molecule has 0 saturated carbocycles. The van der Waals surface area contributed by atoms with E-state index < -0.39 is 0 Å². The number of rotatable bonds is 2. The molecule has 1 saturated heterocycles. The van der Waals surface area contributed by atoms with Crippen LogP contribution in [0.25, 0.3) is 0 Å². The van der Waals surface area contributed by atoms with Crippen LogP contribution in [0.5, 0.6) is 0 Å². The lowest BCUT2D eigenvalue weighted by atomic mass is 10.1. The molecular formula is C18H22Cl3N3O. The van der Waals surface area contributed by atoms with E-state index in [2.05, 4.69) is 4.90 Å². The number of para-hydroxylation sites is 1. The monoisotopic (exact) mass is 401 g/mol. The van der Waals surface area contributed by atoms with Crippen molar-refractivity contribution in [2.45, 2.75) is 6.92 Å². The standard InChI is InChI=1S/C18H20ClN3O.2ClH/c1-13-6-7-14(20)12-15(13)18(23)22-10-8-21(9-11-22)17-5-3-2-4-16(17)19;;/h2-7,12H,8-11,20H2,1H3;2*1H. The summed E-state index contributed by atoms with van der Waals surface area (Å²) in [6.07, 6.45) is 0. The van der Waals surface area contributed by atoms with Gasteiger partial charge in [0.15, 0.2) is 0 Å². The van der Waals surface area contributed by atoms with E-state index in [1.54, 1.807) is 6.07 Å². The Kier molecular flexibility index (Phi) is 7.87. The third-order valence-electron chi connectivity index (χ3n) is 4.25. The molecule has 0 atom stereocenters. The molecule has 1 amide bonds. The summed E-state index contributed by atoms with van der Waals surface area (Å²) in [5.41, 5.74) is 9.11. The van der Waals surface area contributed by atoms with Crippen molar-refractivity contribution in [3.8, 4) is 0 Å². The van der Waals surface area contributed by atoms with Gasteiger partial charge in [0.2, 0.25) is 0 Å². The summed E-state index contributed by atoms with van der Waals surface area (Å²) in [4.78, 5) is 16.8. The molecule has 0 radical (unpaired) electrons. The van der Waals surface area contributed by atoms with Crippen LogP contribution in [0.2, 0.25) is 5.02 Å². The Morgan fingerprint density at radius 3 is 2.32 bits per heavy atom. The van der Waals surface area contributed by atoms with Crippen LogP contribution in [-0.2, 0) is 0 Å². The van der Waals surface area contributed by atoms with Gasteiger partial charge in [-0.25, -0.2) is 0 Å². The zero-order chi connectivity index (χ0) is 16.4. The van der Waals surface area contributed by atoms with E-state index in [1.807, 2.05) is 48.2 Å². The Morgan fingerprint density at radius 1 is 1.04 bits per heavy atom. The highest BCUT2D eigenvalue weighted by atomic mass is 35.5. The Morgan fingerprint density at radius 2 is 1.68 bits per heavy atom. The third kappa shape index (κ3) is 4.72. The Balaban J connectivity index is 0.00000156. The van der Waals surface area contributed by atoms with E-state index in [0.29, 0.717) is 24.3 Å². The van der Waals surface area contributed by atoms with E-state index in [1.165, 1.54) is 0 Å². The maximum Gasteiger partial charge on any atom is 0.254 e. The number of hydrogen-bond donors (Lipinski definition) is 1. The quantitative estimate of drug-likeness (QED) is 0.771. The number of piperazine rings is 1. The van der Waals surface area contributed by atoms with Crippen molar-refractivity contribution in [1.29, 1.82) is 0 Å². The first-order chi connectivity index (χ1) is 11.1. The molecule has 1 fully saturated rings. The fourth-order valence-corrected chi connectivity index (χ4v) is 3.15. The molecule has 2 aromatic carbocycles. The van der Waals surface area contributed by atoms with E-state index in [-0.39, 0.29) is 30.7 Å². The number of carbonyl (C=O) groups excluding carboxylic acids is 1. The molecular weight excluding hydrogens is 381 g/mol. The molecule has 136 valence electrons. The first-order valence-corrected chi connectivity index (χ1v) is 8.09. The fourth-order valence-electron chi connectivity index (χ4n) is 2.90. The second-order valence-corrected chi connectivity index (χ2v) is 6.21. The van der Waals surface area contributed by atoms with Gasteiger partial charge in [0.05, 0.1) is 10.7 Å². The van der Waals surface area contributed by atoms with Crippen molar-refractivity contribution in [2.24, 2.45) is 0 Å². The van der Waals surface area contributed by atoms with E-state index in [4.69, 9.17) is 17.3 Å². The lowest BCUT2D eigenvalue weighted by molar-refractivity contribution is 0.0746. The number of amides is 1. The Hall–Kier alpha value is -1.62. The smallest absolute Gasteiger partial charge is 0.254 e. The minimum Gasteiger partial charge on any atom is -0.399 e. The Bertz CT molecular complexity index is 731. The number of nitrogens with two attached hydrogens (primary N) is 1. The third-order valence-corrected chi connectivity index (χ3v) is 4.57. The lowest BCUT2D eigenvalue weighted by Gasteiger charge is -2.36. The van der Waals surface area contributed by atoms with Gasteiger partial charge in [-0.15, -0.1) is 24.8 Å². The zero-order valence-corrected chi connectivity index (χ0v) is 16.3. The first-order valence-electron chi connectivity index (χ1n) is 7.71. The van der Waals surface area contributed by atoms with Gasteiger partial charge in [0.25, 0.3) is 5.91 Å². The maximum atomic E-state index is 12.7. The van der Waals surface area contributed by atoms with Gasteiger partial charge in [-0.2, -0.15) is 0 Å². The van der Waals surface area contributed by atoms with Crippen LogP contribution in [0.1, 0.15) is 15.9 Å². The second-order valence-electron chi connectivity index (χ2n) is 5.81. The summed E-state index contributed by atoms with van der Waals surface area (Å²) in [6, 6.07) is 13.3. The van der Waals surface area contributed by atoms with Crippen LogP contribution in [0.15, 0.2) is 42.5 Å². The number of anilines is 2. The topological polar surface area (TPSA) is 49.6 Å². The van der Waals surface area contributed by atoms with Crippen molar-refractivity contribution in [3.05, 3.63) is 58.6 Å². The lowest BCUT2D eigenvalue weighted by Crippen LogP contribution is -2.49. The molecule has 1 aliphatic heterocycles. The molecule has 2 N–H and O–H groups in total. The Labute approximate surface area is 165 Å². The van der Waals surface area contributed by atoms with Crippen LogP contribution >= 0.6 is 36.4 Å². The molecule has 4 nitrogen and oxygen atoms in total. The van der Waals surface area contributed by atoms with E-state index >= 15 is 0 Å². The molecule has 0 bridgehead atoms. The number of halogens is 3. The van der Waals surface area contributed by atoms with Crippen molar-refractivity contribution in [1.82, 2.24) is 4.90 Å². The molecule has 25 heavy (non-hydrogen) atoms. The first kappa shape index (κ1) is 21.4. The summed E-state index contributed by atoms with van der Waals surface area (Å²) >= 11 is 6.25. The van der Waals surface area contributed by atoms with Crippen LogP contribution in [-0.4, -0.2) is 37.0 Å². The number of aryl methyl sites for hydroxylation is 1. The van der Waals surface area contributed by atoms with Crippen molar-refractivity contribution in [2.75, 3.05) is 36.8 Å². The molecule has 0 aliphatic carbocycles. The summed E-state index contributed by atoms with van der Waals surface area (Å²) in [6.45, 7) is 4.84. The predicted molar refractivity (Wildman–Crippen MR) is 110 cm³/mol. The van der Waals surface area contributed by atoms with Crippen LogP contribution < -0.4 is 10.6 Å². The number of benzene rings is 2. The highest BCUT2D eigenvalue weighted by Crippen LogP contribution is 2.26. The van der Waals surface area contributed by atoms with Gasteiger partial charge in [0, 0.05) is 37.4 Å². The highest BCUT2D eigenvalue weighted by molar-refractivity contribution is 6.33. The summed E-state index contributed by atoms with van der Waals surface area (Å²) in [5.74, 6) is 0.0496. The van der Waals surface area contributed by atoms with Gasteiger partial charge in [-0.1, -0.05) is 29.8 Å². The molecule has 7 heteroatoms.